The minimum absolute atomic E-state index is 0.319. The largest absolute Gasteiger partial charge is 0.463 e. The van der Waals surface area contributed by atoms with Gasteiger partial charge in [-0.2, -0.15) is 4.79 Å². The summed E-state index contributed by atoms with van der Waals surface area (Å²) in [5, 5.41) is 0. The highest BCUT2D eigenvalue weighted by atomic mass is 16.5. The van der Waals surface area contributed by atoms with Gasteiger partial charge in [-0.05, 0) is 0 Å². The molecule has 0 rings (SSSR count). The zero-order chi connectivity index (χ0) is 8.85. The summed E-state index contributed by atoms with van der Waals surface area (Å²) < 4.78 is 3.93. The standard InChI is InChI=1S/C5H4N2O4/c1-11-5(10)4(9)3(8)2-7-6/h2H,1H3. The van der Waals surface area contributed by atoms with Crippen molar-refractivity contribution in [3.8, 4) is 0 Å². The van der Waals surface area contributed by atoms with E-state index in [0.717, 1.165) is 7.11 Å². The highest BCUT2D eigenvalue weighted by Gasteiger charge is 2.24. The van der Waals surface area contributed by atoms with Gasteiger partial charge in [0.15, 0.2) is 0 Å². The number of rotatable bonds is 3. The van der Waals surface area contributed by atoms with Gasteiger partial charge in [0, 0.05) is 0 Å². The van der Waals surface area contributed by atoms with Gasteiger partial charge in [-0.15, -0.1) is 0 Å². The van der Waals surface area contributed by atoms with Gasteiger partial charge >= 0.3 is 23.8 Å². The third kappa shape index (κ3) is 2.51. The Morgan fingerprint density at radius 1 is 1.45 bits per heavy atom. The molecule has 0 amide bonds. The van der Waals surface area contributed by atoms with Crippen molar-refractivity contribution >= 4 is 23.8 Å². The van der Waals surface area contributed by atoms with Crippen LogP contribution in [0.4, 0.5) is 0 Å². The predicted molar refractivity (Wildman–Crippen MR) is 31.7 cm³/mol. The van der Waals surface area contributed by atoms with Crippen LogP contribution < -0.4 is 0 Å². The van der Waals surface area contributed by atoms with Crippen LogP contribution in [0.1, 0.15) is 0 Å². The lowest BCUT2D eigenvalue weighted by molar-refractivity contribution is -0.154. The zero-order valence-electron chi connectivity index (χ0n) is 5.60. The monoisotopic (exact) mass is 156 g/mol. The van der Waals surface area contributed by atoms with E-state index < -0.39 is 17.5 Å². The SMILES string of the molecule is COC(=O)C(=O)C(=O)C=[N+]=[N-]. The van der Waals surface area contributed by atoms with E-state index in [1.807, 2.05) is 0 Å². The first-order valence-electron chi connectivity index (χ1n) is 2.47. The van der Waals surface area contributed by atoms with Crippen LogP contribution in [0.15, 0.2) is 0 Å². The molecule has 6 nitrogen and oxygen atoms in total. The minimum Gasteiger partial charge on any atom is -0.463 e. The average molecular weight is 156 g/mol. The van der Waals surface area contributed by atoms with E-state index >= 15 is 0 Å². The highest BCUT2D eigenvalue weighted by Crippen LogP contribution is 1.77. The lowest BCUT2D eigenvalue weighted by Gasteiger charge is -1.88. The molecule has 0 heterocycles. The van der Waals surface area contributed by atoms with Crippen molar-refractivity contribution in [1.29, 1.82) is 0 Å². The van der Waals surface area contributed by atoms with Gasteiger partial charge in [0.1, 0.15) is 0 Å². The Bertz CT molecular complexity index is 251. The van der Waals surface area contributed by atoms with Gasteiger partial charge in [-0.1, -0.05) is 0 Å². The molecule has 0 aliphatic heterocycles. The molecule has 0 saturated heterocycles. The van der Waals surface area contributed by atoms with Crippen LogP contribution in [0.5, 0.6) is 0 Å². The summed E-state index contributed by atoms with van der Waals surface area (Å²) in [6.07, 6.45) is 0.319. The summed E-state index contributed by atoms with van der Waals surface area (Å²) >= 11 is 0. The summed E-state index contributed by atoms with van der Waals surface area (Å²) in [5.41, 5.74) is 7.78. The molecular formula is C5H4N2O4. The second-order valence-corrected chi connectivity index (χ2v) is 1.43. The van der Waals surface area contributed by atoms with Gasteiger partial charge in [-0.3, -0.25) is 9.59 Å². The predicted octanol–water partition coefficient (Wildman–Crippen LogP) is -1.40. The van der Waals surface area contributed by atoms with Crippen molar-refractivity contribution in [1.82, 2.24) is 0 Å². The fraction of sp³-hybridized carbons (Fsp3) is 0.200. The molecule has 0 fully saturated rings. The third-order valence-electron chi connectivity index (χ3n) is 0.770. The van der Waals surface area contributed by atoms with E-state index in [4.69, 9.17) is 5.53 Å². The fourth-order valence-corrected chi connectivity index (χ4v) is 0.304. The van der Waals surface area contributed by atoms with Crippen LogP contribution in [0, 0.1) is 0 Å². The lowest BCUT2D eigenvalue weighted by Crippen LogP contribution is -2.25. The summed E-state index contributed by atoms with van der Waals surface area (Å²) in [4.78, 5) is 33.4. The first-order chi connectivity index (χ1) is 5.13. The molecule has 0 aliphatic rings. The van der Waals surface area contributed by atoms with Crippen LogP contribution in [-0.2, 0) is 19.1 Å². The number of Topliss-reactive ketones (excluding diaryl/α,β-unsaturated/α-hetero) is 2. The van der Waals surface area contributed by atoms with Crippen molar-refractivity contribution in [2.24, 2.45) is 0 Å². The number of nitrogens with zero attached hydrogens (tertiary/aromatic N) is 2. The van der Waals surface area contributed by atoms with Gasteiger partial charge in [0.25, 0.3) is 0 Å². The molecule has 0 spiro atoms. The summed E-state index contributed by atoms with van der Waals surface area (Å²) in [6, 6.07) is 0. The van der Waals surface area contributed by atoms with Crippen LogP contribution in [0.2, 0.25) is 0 Å². The number of methoxy groups -OCH3 is 1. The first kappa shape index (κ1) is 9.19. The number of ether oxygens (including phenoxy) is 1. The summed E-state index contributed by atoms with van der Waals surface area (Å²) in [5.74, 6) is -3.88. The van der Waals surface area contributed by atoms with E-state index in [2.05, 4.69) is 9.53 Å². The second kappa shape index (κ2) is 4.08. The molecule has 0 N–H and O–H groups in total. The second-order valence-electron chi connectivity index (χ2n) is 1.43. The Morgan fingerprint density at radius 3 is 2.36 bits per heavy atom. The van der Waals surface area contributed by atoms with Crippen molar-refractivity contribution in [3.05, 3.63) is 5.53 Å². The molecule has 0 bridgehead atoms. The molecule has 0 atom stereocenters. The highest BCUT2D eigenvalue weighted by molar-refractivity contribution is 6.73. The Morgan fingerprint density at radius 2 is 2.00 bits per heavy atom. The molecule has 0 aromatic carbocycles. The smallest absolute Gasteiger partial charge is 0.383 e. The van der Waals surface area contributed by atoms with Crippen molar-refractivity contribution in [3.63, 3.8) is 0 Å². The normalized spacial score (nSPS) is 7.73. The number of esters is 1. The fourth-order valence-electron chi connectivity index (χ4n) is 0.304. The quantitative estimate of drug-likeness (QED) is 0.125. The van der Waals surface area contributed by atoms with Crippen molar-refractivity contribution < 1.29 is 23.9 Å². The van der Waals surface area contributed by atoms with Crippen LogP contribution in [-0.4, -0.2) is 35.7 Å². The van der Waals surface area contributed by atoms with Crippen molar-refractivity contribution in [2.45, 2.75) is 0 Å². The van der Waals surface area contributed by atoms with E-state index in [-0.39, 0.29) is 0 Å². The molecule has 0 aromatic heterocycles. The molecule has 0 radical (unpaired) electrons. The molecular weight excluding hydrogens is 152 g/mol. The maximum Gasteiger partial charge on any atom is 0.383 e. The van der Waals surface area contributed by atoms with Gasteiger partial charge in [0.2, 0.25) is 0 Å². The number of carbonyl (C=O) groups is 3. The van der Waals surface area contributed by atoms with Gasteiger partial charge in [-0.25, -0.2) is 4.79 Å². The summed E-state index contributed by atoms with van der Waals surface area (Å²) in [7, 11) is 0.962. The number of hydrogen-bond acceptors (Lipinski definition) is 4. The molecule has 0 unspecified atom stereocenters. The Hall–Kier alpha value is -1.81. The van der Waals surface area contributed by atoms with Crippen LogP contribution >= 0.6 is 0 Å². The number of hydrogen-bond donors (Lipinski definition) is 0. The van der Waals surface area contributed by atoms with Crippen LogP contribution in [0.3, 0.4) is 0 Å². The Labute approximate surface area is 61.4 Å². The Balaban J connectivity index is 4.38. The van der Waals surface area contributed by atoms with E-state index in [9.17, 15) is 14.4 Å². The van der Waals surface area contributed by atoms with Crippen LogP contribution in [0.25, 0.3) is 5.53 Å². The van der Waals surface area contributed by atoms with Gasteiger partial charge < -0.3 is 10.3 Å². The number of carbonyl (C=O) groups excluding carboxylic acids is 3. The topological polar surface area (TPSA) is 96.8 Å². The Kier molecular flexibility index (Phi) is 3.41. The molecule has 6 heteroatoms. The summed E-state index contributed by atoms with van der Waals surface area (Å²) in [6.45, 7) is 0. The third-order valence-corrected chi connectivity index (χ3v) is 0.770. The maximum atomic E-state index is 10.4. The lowest BCUT2D eigenvalue weighted by atomic mass is 10.3. The van der Waals surface area contributed by atoms with Crippen molar-refractivity contribution in [2.75, 3.05) is 7.11 Å². The maximum absolute atomic E-state index is 10.4. The molecule has 58 valence electrons. The molecule has 0 saturated carbocycles. The molecule has 0 aromatic rings. The first-order valence-corrected chi connectivity index (χ1v) is 2.47. The molecule has 0 aliphatic carbocycles. The zero-order valence-corrected chi connectivity index (χ0v) is 5.60. The number of ketones is 2. The van der Waals surface area contributed by atoms with E-state index in [0.29, 0.717) is 6.21 Å². The molecule has 11 heavy (non-hydrogen) atoms. The van der Waals surface area contributed by atoms with Gasteiger partial charge in [0.05, 0.1) is 7.11 Å². The van der Waals surface area contributed by atoms with E-state index in [1.165, 1.54) is 0 Å². The van der Waals surface area contributed by atoms with E-state index in [1.54, 1.807) is 0 Å². The minimum atomic E-state index is -1.37. The average Bonchev–Trinajstić information content (AvgIpc) is 2.02.